The van der Waals surface area contributed by atoms with Gasteiger partial charge in [-0.3, -0.25) is 4.79 Å². The molecular weight excluding hydrogens is 392 g/mol. The smallest absolute Gasteiger partial charge is 0.306 e. The van der Waals surface area contributed by atoms with Crippen molar-refractivity contribution < 1.29 is 19.0 Å². The Labute approximate surface area is 186 Å². The number of unbranched alkanes of at least 4 members (excludes halogenated alkanes) is 5. The number of aromatic nitrogens is 2. The van der Waals surface area contributed by atoms with Crippen molar-refractivity contribution >= 4 is 5.97 Å². The predicted octanol–water partition coefficient (Wildman–Crippen LogP) is 5.99. The zero-order valence-electron chi connectivity index (χ0n) is 19.1. The van der Waals surface area contributed by atoms with E-state index in [0.29, 0.717) is 12.3 Å². The van der Waals surface area contributed by atoms with Gasteiger partial charge in [-0.05, 0) is 44.0 Å². The minimum Gasteiger partial charge on any atom is -0.494 e. The van der Waals surface area contributed by atoms with E-state index in [1.54, 1.807) is 19.3 Å². The van der Waals surface area contributed by atoms with Gasteiger partial charge in [0.05, 0.1) is 24.7 Å². The molecule has 0 spiro atoms. The van der Waals surface area contributed by atoms with Gasteiger partial charge in [0, 0.05) is 12.0 Å². The molecule has 1 unspecified atom stereocenters. The molecule has 2 aromatic rings. The average molecular weight is 429 g/mol. The van der Waals surface area contributed by atoms with Crippen LogP contribution in [0.5, 0.6) is 11.6 Å². The Morgan fingerprint density at radius 1 is 0.903 bits per heavy atom. The standard InChI is InChI=1S/C25H36N2O4/c1-4-6-7-8-9-10-16-29-22-14-12-21(13-15-22)23-17-27-24(18-26-23)30-19-20(3)31-25(28)11-5-2/h12-15,17-18,20H,4-11,16,19H2,1-3H3. The summed E-state index contributed by atoms with van der Waals surface area (Å²) in [5.74, 6) is 1.07. The first-order valence-electron chi connectivity index (χ1n) is 11.5. The summed E-state index contributed by atoms with van der Waals surface area (Å²) in [7, 11) is 0. The van der Waals surface area contributed by atoms with Gasteiger partial charge in [0.15, 0.2) is 0 Å². The van der Waals surface area contributed by atoms with Crippen LogP contribution in [0.15, 0.2) is 36.7 Å². The molecule has 0 saturated carbocycles. The Morgan fingerprint density at radius 3 is 2.32 bits per heavy atom. The highest BCUT2D eigenvalue weighted by atomic mass is 16.6. The minimum absolute atomic E-state index is 0.209. The van der Waals surface area contributed by atoms with E-state index in [2.05, 4.69) is 16.9 Å². The van der Waals surface area contributed by atoms with Crippen LogP contribution in [0.4, 0.5) is 0 Å². The van der Waals surface area contributed by atoms with Crippen LogP contribution in [-0.4, -0.2) is 35.3 Å². The summed E-state index contributed by atoms with van der Waals surface area (Å²) >= 11 is 0. The van der Waals surface area contributed by atoms with Crippen LogP contribution < -0.4 is 9.47 Å². The van der Waals surface area contributed by atoms with Crippen LogP contribution in [0.2, 0.25) is 0 Å². The third kappa shape index (κ3) is 9.81. The molecule has 0 N–H and O–H groups in total. The molecule has 6 nitrogen and oxygen atoms in total. The first-order chi connectivity index (χ1) is 15.1. The number of rotatable bonds is 15. The van der Waals surface area contributed by atoms with Crippen molar-refractivity contribution in [2.75, 3.05) is 13.2 Å². The second-order valence-electron chi connectivity index (χ2n) is 7.74. The number of esters is 1. The summed E-state index contributed by atoms with van der Waals surface area (Å²) in [6.45, 7) is 6.97. The van der Waals surface area contributed by atoms with E-state index < -0.39 is 0 Å². The summed E-state index contributed by atoms with van der Waals surface area (Å²) in [5, 5.41) is 0. The first kappa shape index (κ1) is 24.6. The number of carbonyl (C=O) groups is 1. The molecule has 1 heterocycles. The molecule has 0 bridgehead atoms. The van der Waals surface area contributed by atoms with Crippen LogP contribution in [-0.2, 0) is 9.53 Å². The number of nitrogens with zero attached hydrogens (tertiary/aromatic N) is 2. The highest BCUT2D eigenvalue weighted by Gasteiger charge is 2.10. The topological polar surface area (TPSA) is 70.5 Å². The van der Waals surface area contributed by atoms with Crippen molar-refractivity contribution in [3.63, 3.8) is 0 Å². The fourth-order valence-corrected chi connectivity index (χ4v) is 3.06. The number of hydrogen-bond donors (Lipinski definition) is 0. The molecule has 1 atom stereocenters. The molecule has 0 saturated heterocycles. The van der Waals surface area contributed by atoms with E-state index in [1.807, 2.05) is 31.2 Å². The lowest BCUT2D eigenvalue weighted by Gasteiger charge is -2.13. The Hall–Kier alpha value is -2.63. The van der Waals surface area contributed by atoms with Crippen molar-refractivity contribution in [2.24, 2.45) is 0 Å². The lowest BCUT2D eigenvalue weighted by Crippen LogP contribution is -2.22. The second-order valence-corrected chi connectivity index (χ2v) is 7.74. The zero-order chi connectivity index (χ0) is 22.3. The third-order valence-electron chi connectivity index (χ3n) is 4.80. The van der Waals surface area contributed by atoms with Gasteiger partial charge in [-0.15, -0.1) is 0 Å². The van der Waals surface area contributed by atoms with Crippen molar-refractivity contribution in [1.29, 1.82) is 0 Å². The van der Waals surface area contributed by atoms with Crippen LogP contribution in [0.1, 0.15) is 72.1 Å². The molecular formula is C25H36N2O4. The average Bonchev–Trinajstić information content (AvgIpc) is 2.78. The summed E-state index contributed by atoms with van der Waals surface area (Å²) in [6, 6.07) is 7.89. The van der Waals surface area contributed by atoms with Crippen molar-refractivity contribution in [1.82, 2.24) is 9.97 Å². The Bertz CT molecular complexity index is 747. The maximum Gasteiger partial charge on any atom is 0.306 e. The van der Waals surface area contributed by atoms with Crippen LogP contribution in [0.25, 0.3) is 11.3 Å². The Kier molecular flexibility index (Phi) is 11.4. The molecule has 0 fully saturated rings. The van der Waals surface area contributed by atoms with E-state index in [1.165, 1.54) is 32.1 Å². The van der Waals surface area contributed by atoms with E-state index in [9.17, 15) is 4.79 Å². The lowest BCUT2D eigenvalue weighted by molar-refractivity contribution is -0.149. The van der Waals surface area contributed by atoms with Crippen molar-refractivity contribution in [2.45, 2.75) is 78.2 Å². The van der Waals surface area contributed by atoms with Gasteiger partial charge in [0.2, 0.25) is 5.88 Å². The van der Waals surface area contributed by atoms with Crippen LogP contribution >= 0.6 is 0 Å². The predicted molar refractivity (Wildman–Crippen MR) is 122 cm³/mol. The first-order valence-corrected chi connectivity index (χ1v) is 11.5. The SMILES string of the molecule is CCCCCCCCOc1ccc(-c2cnc(OCC(C)OC(=O)CCC)cn2)cc1. The lowest BCUT2D eigenvalue weighted by atomic mass is 10.1. The Balaban J connectivity index is 1.73. The van der Waals surface area contributed by atoms with E-state index in [4.69, 9.17) is 14.2 Å². The second kappa shape index (κ2) is 14.4. The largest absolute Gasteiger partial charge is 0.494 e. The zero-order valence-corrected chi connectivity index (χ0v) is 19.1. The van der Waals surface area contributed by atoms with E-state index >= 15 is 0 Å². The normalized spacial score (nSPS) is 11.7. The molecule has 2 rings (SSSR count). The fourth-order valence-electron chi connectivity index (χ4n) is 3.06. The van der Waals surface area contributed by atoms with Gasteiger partial charge in [0.25, 0.3) is 0 Å². The molecule has 1 aromatic heterocycles. The van der Waals surface area contributed by atoms with E-state index in [-0.39, 0.29) is 18.7 Å². The molecule has 0 aliphatic heterocycles. The number of ether oxygens (including phenoxy) is 3. The fraction of sp³-hybridized carbons (Fsp3) is 0.560. The highest BCUT2D eigenvalue weighted by Crippen LogP contribution is 2.21. The van der Waals surface area contributed by atoms with Gasteiger partial charge in [-0.25, -0.2) is 9.97 Å². The quantitative estimate of drug-likeness (QED) is 0.256. The Morgan fingerprint density at radius 2 is 1.65 bits per heavy atom. The molecule has 6 heteroatoms. The highest BCUT2D eigenvalue weighted by molar-refractivity contribution is 5.69. The number of carbonyl (C=O) groups excluding carboxylic acids is 1. The molecule has 0 radical (unpaired) electrons. The molecule has 0 aliphatic rings. The third-order valence-corrected chi connectivity index (χ3v) is 4.80. The number of hydrogen-bond acceptors (Lipinski definition) is 6. The van der Waals surface area contributed by atoms with Crippen LogP contribution in [0.3, 0.4) is 0 Å². The summed E-state index contributed by atoms with van der Waals surface area (Å²) in [5.41, 5.74) is 1.73. The van der Waals surface area contributed by atoms with Gasteiger partial charge >= 0.3 is 5.97 Å². The van der Waals surface area contributed by atoms with E-state index in [0.717, 1.165) is 36.5 Å². The van der Waals surface area contributed by atoms with Gasteiger partial charge in [-0.1, -0.05) is 46.0 Å². The van der Waals surface area contributed by atoms with Crippen molar-refractivity contribution in [3.05, 3.63) is 36.7 Å². The maximum absolute atomic E-state index is 11.5. The summed E-state index contributed by atoms with van der Waals surface area (Å²) < 4.78 is 16.6. The molecule has 0 amide bonds. The molecule has 0 aliphatic carbocycles. The van der Waals surface area contributed by atoms with Crippen LogP contribution in [0, 0.1) is 0 Å². The van der Waals surface area contributed by atoms with Crippen molar-refractivity contribution in [3.8, 4) is 22.9 Å². The molecule has 170 valence electrons. The van der Waals surface area contributed by atoms with Gasteiger partial charge in [-0.2, -0.15) is 0 Å². The van der Waals surface area contributed by atoms with Gasteiger partial charge < -0.3 is 14.2 Å². The molecule has 1 aromatic carbocycles. The van der Waals surface area contributed by atoms with Gasteiger partial charge in [0.1, 0.15) is 18.5 Å². The summed E-state index contributed by atoms with van der Waals surface area (Å²) in [6.07, 6.45) is 11.6. The molecule has 31 heavy (non-hydrogen) atoms. The summed E-state index contributed by atoms with van der Waals surface area (Å²) in [4.78, 5) is 20.2. The maximum atomic E-state index is 11.5. The number of benzene rings is 1. The monoisotopic (exact) mass is 428 g/mol. The minimum atomic E-state index is -0.329.